The van der Waals surface area contributed by atoms with E-state index in [0.717, 1.165) is 5.56 Å². The third-order valence-corrected chi connectivity index (χ3v) is 4.80. The van der Waals surface area contributed by atoms with E-state index < -0.39 is 10.0 Å². The van der Waals surface area contributed by atoms with Gasteiger partial charge in [-0.15, -0.1) is 0 Å². The molecule has 0 saturated carbocycles. The van der Waals surface area contributed by atoms with Crippen LogP contribution in [0, 0.1) is 0 Å². The summed E-state index contributed by atoms with van der Waals surface area (Å²) in [6.07, 6.45) is 0. The topological polar surface area (TPSA) is 75.3 Å². The van der Waals surface area contributed by atoms with Gasteiger partial charge in [-0.3, -0.25) is 4.79 Å². The van der Waals surface area contributed by atoms with Crippen LogP contribution in [0.5, 0.6) is 0 Å². The van der Waals surface area contributed by atoms with Crippen LogP contribution in [0.1, 0.15) is 28.9 Å². The Morgan fingerprint density at radius 3 is 2.17 bits per heavy atom. The van der Waals surface area contributed by atoms with Gasteiger partial charge in [-0.05, 0) is 24.6 Å². The number of carbonyl (C=O) groups is 1. The van der Waals surface area contributed by atoms with Crippen LogP contribution in [0.4, 0.5) is 0 Å². The van der Waals surface area contributed by atoms with Crippen LogP contribution in [-0.4, -0.2) is 26.6 Å². The summed E-state index contributed by atoms with van der Waals surface area (Å²) in [5.74, 6) is -0.445. The van der Waals surface area contributed by atoms with Crippen LogP contribution in [0.2, 0.25) is 0 Å². The van der Waals surface area contributed by atoms with Gasteiger partial charge in [0.15, 0.2) is 0 Å². The van der Waals surface area contributed by atoms with Crippen LogP contribution < -0.4 is 10.0 Å². The van der Waals surface area contributed by atoms with Crippen molar-refractivity contribution in [2.75, 3.05) is 12.3 Å². The molecule has 2 aromatic rings. The molecule has 1 atom stereocenters. The molecule has 1 amide bonds. The van der Waals surface area contributed by atoms with Crippen molar-refractivity contribution in [1.82, 2.24) is 10.0 Å². The predicted molar refractivity (Wildman–Crippen MR) is 90.6 cm³/mol. The minimum atomic E-state index is -3.47. The summed E-state index contributed by atoms with van der Waals surface area (Å²) in [5, 5.41) is 2.61. The van der Waals surface area contributed by atoms with Gasteiger partial charge in [0.25, 0.3) is 5.91 Å². The zero-order valence-corrected chi connectivity index (χ0v) is 13.7. The van der Waals surface area contributed by atoms with Crippen molar-refractivity contribution >= 4 is 15.9 Å². The molecule has 23 heavy (non-hydrogen) atoms. The number of rotatable bonds is 7. The normalized spacial score (nSPS) is 12.6. The van der Waals surface area contributed by atoms with Crippen LogP contribution >= 0.6 is 0 Å². The number of hydrogen-bond donors (Lipinski definition) is 2. The molecule has 0 aliphatic heterocycles. The first-order chi connectivity index (χ1) is 11.0. The second-order valence-corrected chi connectivity index (χ2v) is 7.06. The molecule has 0 radical (unpaired) electrons. The van der Waals surface area contributed by atoms with Crippen molar-refractivity contribution in [3.8, 4) is 0 Å². The minimum absolute atomic E-state index is 0.0601. The molecule has 0 unspecified atom stereocenters. The lowest BCUT2D eigenvalue weighted by molar-refractivity contribution is 0.0956. The molecular formula is C17H20N2O3S. The van der Waals surface area contributed by atoms with Gasteiger partial charge in [-0.1, -0.05) is 48.5 Å². The molecule has 0 saturated heterocycles. The molecule has 0 fully saturated rings. The number of benzene rings is 2. The highest BCUT2D eigenvalue weighted by atomic mass is 32.2. The van der Waals surface area contributed by atoms with E-state index in [0.29, 0.717) is 5.56 Å². The first-order valence-electron chi connectivity index (χ1n) is 7.36. The number of hydrogen-bond acceptors (Lipinski definition) is 3. The molecule has 0 aromatic heterocycles. The number of nitrogens with one attached hydrogen (secondary N) is 2. The van der Waals surface area contributed by atoms with E-state index in [1.165, 1.54) is 0 Å². The lowest BCUT2D eigenvalue weighted by Gasteiger charge is -2.14. The van der Waals surface area contributed by atoms with E-state index in [2.05, 4.69) is 10.0 Å². The third kappa shape index (κ3) is 5.50. The van der Waals surface area contributed by atoms with E-state index in [9.17, 15) is 13.2 Å². The van der Waals surface area contributed by atoms with Gasteiger partial charge < -0.3 is 5.32 Å². The van der Waals surface area contributed by atoms with Gasteiger partial charge in [0.1, 0.15) is 0 Å². The Kier molecular flexibility index (Phi) is 5.90. The Balaban J connectivity index is 1.83. The number of carbonyl (C=O) groups excluding carboxylic acids is 1. The first kappa shape index (κ1) is 17.2. The van der Waals surface area contributed by atoms with E-state index in [4.69, 9.17) is 0 Å². The maximum Gasteiger partial charge on any atom is 0.251 e. The second kappa shape index (κ2) is 7.89. The Morgan fingerprint density at radius 1 is 1.00 bits per heavy atom. The molecule has 5 nitrogen and oxygen atoms in total. The monoisotopic (exact) mass is 332 g/mol. The minimum Gasteiger partial charge on any atom is -0.351 e. The van der Waals surface area contributed by atoms with Crippen LogP contribution in [0.25, 0.3) is 0 Å². The number of sulfonamides is 1. The fourth-order valence-electron chi connectivity index (χ4n) is 2.13. The Bertz CT molecular complexity index is 731. The Hall–Kier alpha value is -2.18. The van der Waals surface area contributed by atoms with E-state index >= 15 is 0 Å². The van der Waals surface area contributed by atoms with Crippen LogP contribution in [0.15, 0.2) is 60.7 Å². The Labute approximate surface area is 136 Å². The van der Waals surface area contributed by atoms with Crippen molar-refractivity contribution in [1.29, 1.82) is 0 Å². The Morgan fingerprint density at radius 2 is 1.57 bits per heavy atom. The first-order valence-corrected chi connectivity index (χ1v) is 9.01. The average Bonchev–Trinajstić information content (AvgIpc) is 2.55. The maximum absolute atomic E-state index is 12.1. The maximum atomic E-state index is 12.1. The lowest BCUT2D eigenvalue weighted by atomic mass is 10.1. The van der Waals surface area contributed by atoms with Gasteiger partial charge in [0.05, 0.1) is 5.75 Å². The number of amides is 1. The van der Waals surface area contributed by atoms with Crippen molar-refractivity contribution in [2.45, 2.75) is 13.0 Å². The highest BCUT2D eigenvalue weighted by molar-refractivity contribution is 7.89. The highest BCUT2D eigenvalue weighted by Crippen LogP contribution is 2.12. The van der Waals surface area contributed by atoms with E-state index in [-0.39, 0.29) is 24.2 Å². The summed E-state index contributed by atoms with van der Waals surface area (Å²) in [6.45, 7) is 1.85. The summed E-state index contributed by atoms with van der Waals surface area (Å²) in [6, 6.07) is 17.7. The van der Waals surface area contributed by atoms with Gasteiger partial charge >= 0.3 is 0 Å². The summed E-state index contributed by atoms with van der Waals surface area (Å²) >= 11 is 0. The van der Waals surface area contributed by atoms with Gasteiger partial charge in [-0.2, -0.15) is 0 Å². The lowest BCUT2D eigenvalue weighted by Crippen LogP contribution is -2.35. The SMILES string of the molecule is C[C@@H](NS(=O)(=O)CCNC(=O)c1ccccc1)c1ccccc1. The quantitative estimate of drug-likeness (QED) is 0.815. The summed E-state index contributed by atoms with van der Waals surface area (Å²) < 4.78 is 26.7. The average molecular weight is 332 g/mol. The third-order valence-electron chi connectivity index (χ3n) is 3.35. The fourth-order valence-corrected chi connectivity index (χ4v) is 3.29. The van der Waals surface area contributed by atoms with E-state index in [1.807, 2.05) is 36.4 Å². The molecule has 6 heteroatoms. The fraction of sp³-hybridized carbons (Fsp3) is 0.235. The standard InChI is InChI=1S/C17H20N2O3S/c1-14(15-8-4-2-5-9-15)19-23(21,22)13-12-18-17(20)16-10-6-3-7-11-16/h2-11,14,19H,12-13H2,1H3,(H,18,20)/t14-/m1/s1. The van der Waals surface area contributed by atoms with E-state index in [1.54, 1.807) is 31.2 Å². The largest absolute Gasteiger partial charge is 0.351 e. The summed E-state index contributed by atoms with van der Waals surface area (Å²) in [7, 11) is -3.47. The molecule has 0 heterocycles. The molecule has 122 valence electrons. The van der Waals surface area contributed by atoms with Crippen molar-refractivity contribution in [2.24, 2.45) is 0 Å². The zero-order valence-electron chi connectivity index (χ0n) is 12.9. The molecule has 0 aliphatic rings. The van der Waals surface area contributed by atoms with Crippen molar-refractivity contribution in [3.63, 3.8) is 0 Å². The van der Waals surface area contributed by atoms with Gasteiger partial charge in [0.2, 0.25) is 10.0 Å². The van der Waals surface area contributed by atoms with Gasteiger partial charge in [-0.25, -0.2) is 13.1 Å². The molecular weight excluding hydrogens is 312 g/mol. The molecule has 0 spiro atoms. The van der Waals surface area contributed by atoms with Crippen LogP contribution in [0.3, 0.4) is 0 Å². The van der Waals surface area contributed by atoms with Crippen molar-refractivity contribution < 1.29 is 13.2 Å². The molecule has 2 rings (SSSR count). The zero-order chi connectivity index (χ0) is 16.7. The summed E-state index contributed by atoms with van der Waals surface area (Å²) in [4.78, 5) is 11.8. The van der Waals surface area contributed by atoms with Crippen molar-refractivity contribution in [3.05, 3.63) is 71.8 Å². The molecule has 2 aromatic carbocycles. The molecule has 0 aliphatic carbocycles. The highest BCUT2D eigenvalue weighted by Gasteiger charge is 2.16. The second-order valence-electron chi connectivity index (χ2n) is 5.19. The van der Waals surface area contributed by atoms with Gasteiger partial charge in [0, 0.05) is 18.2 Å². The van der Waals surface area contributed by atoms with Crippen LogP contribution in [-0.2, 0) is 10.0 Å². The predicted octanol–water partition coefficient (Wildman–Crippen LogP) is 2.10. The molecule has 2 N–H and O–H groups in total. The summed E-state index contributed by atoms with van der Waals surface area (Å²) in [5.41, 5.74) is 1.40. The smallest absolute Gasteiger partial charge is 0.251 e. The molecule has 0 bridgehead atoms.